The van der Waals surface area contributed by atoms with Crippen molar-refractivity contribution in [3.8, 4) is 11.4 Å². The zero-order valence-electron chi connectivity index (χ0n) is 11.1. The van der Waals surface area contributed by atoms with Gasteiger partial charge in [0.15, 0.2) is 0 Å². The minimum absolute atomic E-state index is 0.0988. The summed E-state index contributed by atoms with van der Waals surface area (Å²) in [6.45, 7) is 0.614. The van der Waals surface area contributed by atoms with E-state index in [4.69, 9.17) is 9.63 Å². The van der Waals surface area contributed by atoms with E-state index < -0.39 is 11.9 Å². The molecule has 21 heavy (non-hydrogen) atoms. The van der Waals surface area contributed by atoms with Crippen molar-refractivity contribution in [3.05, 3.63) is 36.2 Å². The molecular weight excluding hydrogens is 274 g/mol. The number of aliphatic carboxylic acids is 1. The van der Waals surface area contributed by atoms with Gasteiger partial charge in [0.05, 0.1) is 11.6 Å². The summed E-state index contributed by atoms with van der Waals surface area (Å²) in [7, 11) is 0. The van der Waals surface area contributed by atoms with Gasteiger partial charge < -0.3 is 14.5 Å². The third-order valence-corrected chi connectivity index (χ3v) is 3.47. The molecule has 2 aromatic rings. The van der Waals surface area contributed by atoms with E-state index in [1.54, 1.807) is 18.3 Å². The summed E-state index contributed by atoms with van der Waals surface area (Å²) in [6, 6.07) is 6.89. The fraction of sp³-hybridized carbons (Fsp3) is 0.286. The summed E-state index contributed by atoms with van der Waals surface area (Å²) in [5, 5.41) is 12.8. The molecule has 0 aromatic carbocycles. The minimum Gasteiger partial charge on any atom is -0.481 e. The van der Waals surface area contributed by atoms with Gasteiger partial charge in [-0.15, -0.1) is 0 Å². The number of likely N-dealkylation sites (tertiary alicyclic amines) is 1. The fourth-order valence-corrected chi connectivity index (χ4v) is 2.31. The molecule has 1 fully saturated rings. The summed E-state index contributed by atoms with van der Waals surface area (Å²) in [5.74, 6) is -1.63. The van der Waals surface area contributed by atoms with Crippen LogP contribution in [0.4, 0.5) is 0 Å². The van der Waals surface area contributed by atoms with Crippen molar-refractivity contribution in [2.75, 3.05) is 13.1 Å². The first-order valence-electron chi connectivity index (χ1n) is 6.55. The van der Waals surface area contributed by atoms with Gasteiger partial charge in [0.1, 0.15) is 5.69 Å². The van der Waals surface area contributed by atoms with E-state index in [1.807, 2.05) is 6.07 Å². The Hall–Kier alpha value is -2.70. The van der Waals surface area contributed by atoms with Gasteiger partial charge in [-0.3, -0.25) is 14.6 Å². The maximum absolute atomic E-state index is 12.2. The maximum Gasteiger partial charge on any atom is 0.308 e. The molecule has 1 atom stereocenters. The normalized spacial score (nSPS) is 17.9. The highest BCUT2D eigenvalue weighted by molar-refractivity contribution is 5.93. The molecule has 0 aliphatic carbocycles. The first-order chi connectivity index (χ1) is 10.1. The van der Waals surface area contributed by atoms with Crippen LogP contribution >= 0.6 is 0 Å². The molecule has 7 heteroatoms. The predicted octanol–water partition coefficient (Wildman–Crippen LogP) is 1.28. The zero-order valence-corrected chi connectivity index (χ0v) is 11.1. The Bertz CT molecular complexity index is 668. The van der Waals surface area contributed by atoms with Crippen molar-refractivity contribution in [3.63, 3.8) is 0 Å². The van der Waals surface area contributed by atoms with E-state index in [-0.39, 0.29) is 18.2 Å². The van der Waals surface area contributed by atoms with E-state index >= 15 is 0 Å². The second-order valence-corrected chi connectivity index (χ2v) is 4.87. The molecule has 1 N–H and O–H groups in total. The molecule has 0 radical (unpaired) electrons. The smallest absolute Gasteiger partial charge is 0.308 e. The molecular formula is C14H13N3O4. The zero-order chi connectivity index (χ0) is 14.8. The van der Waals surface area contributed by atoms with Crippen LogP contribution in [0, 0.1) is 5.92 Å². The number of aromatic nitrogens is 2. The van der Waals surface area contributed by atoms with Crippen LogP contribution in [0.15, 0.2) is 35.0 Å². The molecule has 1 amide bonds. The number of carboxylic acid groups (broad SMARTS) is 1. The summed E-state index contributed by atoms with van der Waals surface area (Å²) >= 11 is 0. The number of hydrogen-bond acceptors (Lipinski definition) is 5. The highest BCUT2D eigenvalue weighted by atomic mass is 16.5. The number of hydrogen-bond donors (Lipinski definition) is 1. The molecule has 2 aromatic heterocycles. The molecule has 1 unspecified atom stereocenters. The number of carbonyl (C=O) groups excluding carboxylic acids is 1. The third kappa shape index (κ3) is 2.62. The number of pyridine rings is 1. The van der Waals surface area contributed by atoms with Gasteiger partial charge in [-0.2, -0.15) is 0 Å². The molecule has 108 valence electrons. The molecule has 0 bridgehead atoms. The Morgan fingerprint density at radius 1 is 1.33 bits per heavy atom. The lowest BCUT2D eigenvalue weighted by molar-refractivity contribution is -0.141. The van der Waals surface area contributed by atoms with Gasteiger partial charge in [0.2, 0.25) is 5.76 Å². The topological polar surface area (TPSA) is 96.5 Å². The standard InChI is InChI=1S/C14H13N3O4/c18-13(17-6-4-9(8-17)14(19)20)12-7-11(16-21-12)10-3-1-2-5-15-10/h1-3,5,7,9H,4,6,8H2,(H,19,20). The molecule has 1 aliphatic rings. The van der Waals surface area contributed by atoms with E-state index in [0.717, 1.165) is 0 Å². The highest BCUT2D eigenvalue weighted by Gasteiger charge is 2.32. The average Bonchev–Trinajstić information content (AvgIpc) is 3.17. The minimum atomic E-state index is -0.878. The molecule has 0 saturated carbocycles. The van der Waals surface area contributed by atoms with Crippen LogP contribution in [-0.2, 0) is 4.79 Å². The van der Waals surface area contributed by atoms with Gasteiger partial charge in [0.25, 0.3) is 5.91 Å². The second-order valence-electron chi connectivity index (χ2n) is 4.87. The Morgan fingerprint density at radius 2 is 2.19 bits per heavy atom. The first-order valence-corrected chi connectivity index (χ1v) is 6.55. The van der Waals surface area contributed by atoms with Crippen LogP contribution in [0.1, 0.15) is 17.0 Å². The first kappa shape index (κ1) is 13.3. The number of amides is 1. The van der Waals surface area contributed by atoms with Crippen molar-refractivity contribution >= 4 is 11.9 Å². The predicted molar refractivity (Wildman–Crippen MR) is 71.4 cm³/mol. The summed E-state index contributed by atoms with van der Waals surface area (Å²) in [5.41, 5.74) is 1.10. The Balaban J connectivity index is 1.75. The van der Waals surface area contributed by atoms with Crippen molar-refractivity contribution in [1.82, 2.24) is 15.0 Å². The number of carboxylic acids is 1. The van der Waals surface area contributed by atoms with Gasteiger partial charge in [-0.05, 0) is 18.6 Å². The van der Waals surface area contributed by atoms with E-state index in [1.165, 1.54) is 11.0 Å². The SMILES string of the molecule is O=C(O)C1CCN(C(=O)c2cc(-c3ccccn3)no2)C1. The molecule has 1 aliphatic heterocycles. The molecule has 7 nitrogen and oxygen atoms in total. The Morgan fingerprint density at radius 3 is 2.86 bits per heavy atom. The Kier molecular flexibility index (Phi) is 3.39. The van der Waals surface area contributed by atoms with E-state index in [2.05, 4.69) is 10.1 Å². The lowest BCUT2D eigenvalue weighted by atomic mass is 10.1. The fourth-order valence-electron chi connectivity index (χ4n) is 2.31. The van der Waals surface area contributed by atoms with E-state index in [9.17, 15) is 9.59 Å². The second kappa shape index (κ2) is 5.35. The molecule has 3 rings (SSSR count). The van der Waals surface area contributed by atoms with E-state index in [0.29, 0.717) is 24.4 Å². The molecule has 0 spiro atoms. The Labute approximate surface area is 120 Å². The number of nitrogens with zero attached hydrogens (tertiary/aromatic N) is 3. The highest BCUT2D eigenvalue weighted by Crippen LogP contribution is 2.21. The lowest BCUT2D eigenvalue weighted by Crippen LogP contribution is -2.29. The summed E-state index contributed by atoms with van der Waals surface area (Å²) in [4.78, 5) is 28.8. The molecule has 1 saturated heterocycles. The van der Waals surface area contributed by atoms with Gasteiger partial charge in [0, 0.05) is 25.4 Å². The van der Waals surface area contributed by atoms with Gasteiger partial charge in [-0.1, -0.05) is 11.2 Å². The van der Waals surface area contributed by atoms with Crippen LogP contribution in [0.3, 0.4) is 0 Å². The van der Waals surface area contributed by atoms with Crippen LogP contribution in [0.2, 0.25) is 0 Å². The number of carbonyl (C=O) groups is 2. The van der Waals surface area contributed by atoms with Crippen LogP contribution < -0.4 is 0 Å². The quantitative estimate of drug-likeness (QED) is 0.913. The maximum atomic E-state index is 12.2. The molecule has 3 heterocycles. The van der Waals surface area contributed by atoms with Crippen LogP contribution in [0.25, 0.3) is 11.4 Å². The number of rotatable bonds is 3. The average molecular weight is 287 g/mol. The van der Waals surface area contributed by atoms with Crippen molar-refractivity contribution in [2.24, 2.45) is 5.92 Å². The van der Waals surface area contributed by atoms with Gasteiger partial charge in [-0.25, -0.2) is 0 Å². The summed E-state index contributed by atoms with van der Waals surface area (Å²) < 4.78 is 5.06. The van der Waals surface area contributed by atoms with Crippen LogP contribution in [0.5, 0.6) is 0 Å². The lowest BCUT2D eigenvalue weighted by Gasteiger charge is -2.12. The van der Waals surface area contributed by atoms with Crippen LogP contribution in [-0.4, -0.2) is 45.1 Å². The third-order valence-electron chi connectivity index (χ3n) is 3.47. The van der Waals surface area contributed by atoms with Gasteiger partial charge >= 0.3 is 5.97 Å². The summed E-state index contributed by atoms with van der Waals surface area (Å²) in [6.07, 6.45) is 2.09. The monoisotopic (exact) mass is 287 g/mol. The van der Waals surface area contributed by atoms with Crippen molar-refractivity contribution in [1.29, 1.82) is 0 Å². The largest absolute Gasteiger partial charge is 0.481 e. The van der Waals surface area contributed by atoms with Crippen molar-refractivity contribution in [2.45, 2.75) is 6.42 Å². The van der Waals surface area contributed by atoms with Crippen molar-refractivity contribution < 1.29 is 19.2 Å².